The number of fused-ring (bicyclic) bond motifs is 1. The van der Waals surface area contributed by atoms with Crippen LogP contribution < -0.4 is 5.32 Å². The summed E-state index contributed by atoms with van der Waals surface area (Å²) in [5.74, 6) is -1.28. The summed E-state index contributed by atoms with van der Waals surface area (Å²) >= 11 is 0. The molecule has 0 amide bonds. The highest BCUT2D eigenvalue weighted by molar-refractivity contribution is 5.39. The van der Waals surface area contributed by atoms with Crippen LogP contribution in [0.15, 0.2) is 36.4 Å². The van der Waals surface area contributed by atoms with Crippen molar-refractivity contribution in [2.24, 2.45) is 0 Å². The Bertz CT molecular complexity index is 666. The lowest BCUT2D eigenvalue weighted by Crippen LogP contribution is -2.24. The molecular formula is C18H19F2N. The second kappa shape index (κ2) is 5.57. The molecule has 0 radical (unpaired) electrons. The van der Waals surface area contributed by atoms with Crippen LogP contribution in [0.5, 0.6) is 0 Å². The van der Waals surface area contributed by atoms with Crippen LogP contribution in [0.3, 0.4) is 0 Å². The molecule has 2 unspecified atom stereocenters. The zero-order valence-corrected chi connectivity index (χ0v) is 12.3. The predicted octanol–water partition coefficient (Wildman–Crippen LogP) is 4.26. The Hall–Kier alpha value is -1.74. The number of hydrogen-bond acceptors (Lipinski definition) is 1. The van der Waals surface area contributed by atoms with E-state index in [0.29, 0.717) is 11.1 Å². The van der Waals surface area contributed by atoms with E-state index in [1.54, 1.807) is 19.1 Å². The lowest BCUT2D eigenvalue weighted by molar-refractivity contribution is 0.431. The maximum atomic E-state index is 14.3. The third-order valence-electron chi connectivity index (χ3n) is 4.53. The fraction of sp³-hybridized carbons (Fsp3) is 0.333. The molecule has 2 aromatic rings. The monoisotopic (exact) mass is 287 g/mol. The van der Waals surface area contributed by atoms with Gasteiger partial charge in [0.25, 0.3) is 0 Å². The van der Waals surface area contributed by atoms with Crippen molar-refractivity contribution >= 4 is 0 Å². The van der Waals surface area contributed by atoms with E-state index < -0.39 is 11.6 Å². The molecule has 2 atom stereocenters. The first-order valence-corrected chi connectivity index (χ1v) is 7.33. The zero-order valence-electron chi connectivity index (χ0n) is 12.3. The minimum Gasteiger partial charge on any atom is -0.312 e. The first-order valence-electron chi connectivity index (χ1n) is 7.33. The van der Waals surface area contributed by atoms with Crippen molar-refractivity contribution in [3.05, 3.63) is 70.3 Å². The van der Waals surface area contributed by atoms with Gasteiger partial charge >= 0.3 is 0 Å². The summed E-state index contributed by atoms with van der Waals surface area (Å²) in [6.45, 7) is 1.58. The molecule has 0 heterocycles. The number of halogens is 2. The Labute approximate surface area is 124 Å². The van der Waals surface area contributed by atoms with Crippen LogP contribution in [-0.2, 0) is 6.42 Å². The summed E-state index contributed by atoms with van der Waals surface area (Å²) in [4.78, 5) is 0. The molecule has 0 bridgehead atoms. The standard InChI is InChI=1S/C18H19F2N/c1-11-7-9-15(17(20)16(11)19)18(21-2)14-10-8-12-5-3-4-6-13(12)14/h3-7,9,14,18,21H,8,10H2,1-2H3. The van der Waals surface area contributed by atoms with Gasteiger partial charge < -0.3 is 5.32 Å². The number of likely N-dealkylation sites (N-methyl/N-ethyl adjacent to an activating group) is 1. The van der Waals surface area contributed by atoms with Gasteiger partial charge in [0.05, 0.1) is 0 Å². The van der Waals surface area contributed by atoms with E-state index >= 15 is 0 Å². The highest BCUT2D eigenvalue weighted by Gasteiger charge is 2.32. The van der Waals surface area contributed by atoms with Crippen LogP contribution in [0.4, 0.5) is 8.78 Å². The third-order valence-corrected chi connectivity index (χ3v) is 4.53. The fourth-order valence-electron chi connectivity index (χ4n) is 3.41. The van der Waals surface area contributed by atoms with Gasteiger partial charge in [-0.2, -0.15) is 0 Å². The largest absolute Gasteiger partial charge is 0.312 e. The van der Waals surface area contributed by atoms with Crippen LogP contribution in [0.25, 0.3) is 0 Å². The molecule has 0 spiro atoms. The van der Waals surface area contributed by atoms with Crippen LogP contribution in [0, 0.1) is 18.6 Å². The van der Waals surface area contributed by atoms with E-state index in [-0.39, 0.29) is 12.0 Å². The summed E-state index contributed by atoms with van der Waals surface area (Å²) in [6.07, 6.45) is 1.95. The normalized spacial score (nSPS) is 18.6. The van der Waals surface area contributed by atoms with Gasteiger partial charge in [0.2, 0.25) is 0 Å². The van der Waals surface area contributed by atoms with Gasteiger partial charge in [-0.25, -0.2) is 8.78 Å². The zero-order chi connectivity index (χ0) is 15.0. The van der Waals surface area contributed by atoms with Crippen LogP contribution in [0.1, 0.15) is 40.6 Å². The average molecular weight is 287 g/mol. The van der Waals surface area contributed by atoms with Crippen LogP contribution in [0.2, 0.25) is 0 Å². The first kappa shape index (κ1) is 14.2. The number of hydrogen-bond donors (Lipinski definition) is 1. The van der Waals surface area contributed by atoms with Crippen LogP contribution in [-0.4, -0.2) is 7.05 Å². The third kappa shape index (κ3) is 2.36. The Balaban J connectivity index is 2.03. The van der Waals surface area contributed by atoms with E-state index in [1.165, 1.54) is 11.1 Å². The summed E-state index contributed by atoms with van der Waals surface area (Å²) in [7, 11) is 1.81. The van der Waals surface area contributed by atoms with Gasteiger partial charge in [-0.05, 0) is 43.5 Å². The molecule has 1 aliphatic carbocycles. The molecule has 3 heteroatoms. The topological polar surface area (TPSA) is 12.0 Å². The van der Waals surface area contributed by atoms with E-state index in [1.807, 2.05) is 19.2 Å². The van der Waals surface area contributed by atoms with Crippen molar-refractivity contribution < 1.29 is 8.78 Å². The van der Waals surface area contributed by atoms with Crippen LogP contribution >= 0.6 is 0 Å². The molecular weight excluding hydrogens is 268 g/mol. The maximum absolute atomic E-state index is 14.3. The van der Waals surface area contributed by atoms with E-state index in [4.69, 9.17) is 0 Å². The smallest absolute Gasteiger partial charge is 0.163 e. The molecule has 3 rings (SSSR count). The highest BCUT2D eigenvalue weighted by atomic mass is 19.2. The van der Waals surface area contributed by atoms with Crippen molar-refractivity contribution in [3.63, 3.8) is 0 Å². The molecule has 0 saturated heterocycles. The van der Waals surface area contributed by atoms with Gasteiger partial charge in [-0.15, -0.1) is 0 Å². The highest BCUT2D eigenvalue weighted by Crippen LogP contribution is 2.42. The Morgan fingerprint density at radius 3 is 2.62 bits per heavy atom. The Morgan fingerprint density at radius 1 is 1.10 bits per heavy atom. The molecule has 21 heavy (non-hydrogen) atoms. The van der Waals surface area contributed by atoms with E-state index in [0.717, 1.165) is 12.8 Å². The van der Waals surface area contributed by atoms with E-state index in [2.05, 4.69) is 17.4 Å². The van der Waals surface area contributed by atoms with Crippen molar-refractivity contribution in [3.8, 4) is 0 Å². The fourth-order valence-corrected chi connectivity index (χ4v) is 3.41. The quantitative estimate of drug-likeness (QED) is 0.889. The minimum atomic E-state index is -0.737. The molecule has 0 aliphatic heterocycles. The summed E-state index contributed by atoms with van der Waals surface area (Å²) in [5, 5.41) is 3.18. The SMILES string of the molecule is CNC(c1ccc(C)c(F)c1F)C1CCc2ccccc21. The number of aryl methyl sites for hydroxylation is 2. The molecule has 0 saturated carbocycles. The molecule has 1 N–H and O–H groups in total. The minimum absolute atomic E-state index is 0.183. The molecule has 1 aliphatic rings. The second-order valence-corrected chi connectivity index (χ2v) is 5.71. The van der Waals surface area contributed by atoms with Gasteiger partial charge in [0.15, 0.2) is 11.6 Å². The molecule has 0 fully saturated rings. The van der Waals surface area contributed by atoms with Gasteiger partial charge in [0, 0.05) is 17.5 Å². The average Bonchev–Trinajstić information content (AvgIpc) is 2.92. The molecule has 2 aromatic carbocycles. The first-order chi connectivity index (χ1) is 10.1. The number of benzene rings is 2. The Kier molecular flexibility index (Phi) is 3.77. The molecule has 1 nitrogen and oxygen atoms in total. The summed E-state index contributed by atoms with van der Waals surface area (Å²) < 4.78 is 28.2. The van der Waals surface area contributed by atoms with Crippen molar-refractivity contribution in [1.82, 2.24) is 5.32 Å². The summed E-state index contributed by atoms with van der Waals surface area (Å²) in [5.41, 5.74) is 3.33. The maximum Gasteiger partial charge on any atom is 0.163 e. The number of nitrogens with one attached hydrogen (secondary N) is 1. The van der Waals surface area contributed by atoms with Crippen molar-refractivity contribution in [2.75, 3.05) is 7.05 Å². The summed E-state index contributed by atoms with van der Waals surface area (Å²) in [6, 6.07) is 11.4. The molecule has 0 aromatic heterocycles. The lowest BCUT2D eigenvalue weighted by Gasteiger charge is -2.25. The van der Waals surface area contributed by atoms with Crippen molar-refractivity contribution in [1.29, 1.82) is 0 Å². The Morgan fingerprint density at radius 2 is 1.86 bits per heavy atom. The van der Waals surface area contributed by atoms with Gasteiger partial charge in [0.1, 0.15) is 0 Å². The van der Waals surface area contributed by atoms with E-state index in [9.17, 15) is 8.78 Å². The molecule has 110 valence electrons. The lowest BCUT2D eigenvalue weighted by atomic mass is 9.87. The second-order valence-electron chi connectivity index (χ2n) is 5.71. The predicted molar refractivity (Wildman–Crippen MR) is 80.4 cm³/mol. The number of rotatable bonds is 3. The van der Waals surface area contributed by atoms with Gasteiger partial charge in [-0.3, -0.25) is 0 Å². The van der Waals surface area contributed by atoms with Gasteiger partial charge in [-0.1, -0.05) is 36.4 Å². The van der Waals surface area contributed by atoms with Crippen molar-refractivity contribution in [2.45, 2.75) is 31.7 Å².